The lowest BCUT2D eigenvalue weighted by atomic mass is 10.4. The molecule has 0 fully saturated rings. The summed E-state index contributed by atoms with van der Waals surface area (Å²) in [6.45, 7) is 1.50. The predicted molar refractivity (Wildman–Crippen MR) is 53.7 cm³/mol. The monoisotopic (exact) mass is 213 g/mol. The average Bonchev–Trinajstić information content (AvgIpc) is 2.16. The number of nitrogen functional groups attached to an aromatic ring is 1. The second kappa shape index (κ2) is 4.19. The summed E-state index contributed by atoms with van der Waals surface area (Å²) >= 11 is 0. The Morgan fingerprint density at radius 1 is 1.64 bits per heavy atom. The molecule has 0 aliphatic rings. The van der Waals surface area contributed by atoms with Gasteiger partial charge in [0.1, 0.15) is 5.25 Å². The van der Waals surface area contributed by atoms with Crippen LogP contribution < -0.4 is 11.5 Å². The van der Waals surface area contributed by atoms with Crippen molar-refractivity contribution < 1.29 is 9.00 Å². The summed E-state index contributed by atoms with van der Waals surface area (Å²) in [5.74, 6) is -0.612. The van der Waals surface area contributed by atoms with Gasteiger partial charge in [-0.05, 0) is 13.0 Å². The minimum atomic E-state index is -1.51. The summed E-state index contributed by atoms with van der Waals surface area (Å²) in [6.07, 6.45) is 2.86. The van der Waals surface area contributed by atoms with E-state index in [9.17, 15) is 9.00 Å². The van der Waals surface area contributed by atoms with Gasteiger partial charge in [-0.15, -0.1) is 0 Å². The minimum absolute atomic E-state index is 0.305. The Bertz CT molecular complexity index is 381. The van der Waals surface area contributed by atoms with Crippen LogP contribution in [0.25, 0.3) is 0 Å². The number of carbonyl (C=O) groups excluding carboxylic acids is 1. The maximum Gasteiger partial charge on any atom is 0.233 e. The summed E-state index contributed by atoms with van der Waals surface area (Å²) in [6, 6.07) is 1.52. The number of pyridine rings is 1. The fourth-order valence-electron chi connectivity index (χ4n) is 0.873. The molecule has 0 saturated carbocycles. The molecule has 2 atom stereocenters. The topological polar surface area (TPSA) is 99.1 Å². The van der Waals surface area contributed by atoms with Gasteiger partial charge >= 0.3 is 0 Å². The Morgan fingerprint density at radius 2 is 2.29 bits per heavy atom. The van der Waals surface area contributed by atoms with Gasteiger partial charge in [-0.2, -0.15) is 0 Å². The first kappa shape index (κ1) is 10.6. The van der Waals surface area contributed by atoms with E-state index < -0.39 is 22.0 Å². The first-order valence-corrected chi connectivity index (χ1v) is 5.14. The number of primary amides is 1. The van der Waals surface area contributed by atoms with E-state index in [1.165, 1.54) is 25.4 Å². The average molecular weight is 213 g/mol. The van der Waals surface area contributed by atoms with E-state index in [1.54, 1.807) is 0 Å². The molecular weight excluding hydrogens is 202 g/mol. The number of carbonyl (C=O) groups is 1. The quantitative estimate of drug-likeness (QED) is 0.716. The number of nitrogens with two attached hydrogens (primary N) is 2. The van der Waals surface area contributed by atoms with E-state index in [0.29, 0.717) is 10.6 Å². The molecule has 0 aliphatic heterocycles. The zero-order chi connectivity index (χ0) is 10.7. The fraction of sp³-hybridized carbons (Fsp3) is 0.250. The SMILES string of the molecule is CC(C(N)=O)S(=O)c1ccncc1N. The zero-order valence-corrected chi connectivity index (χ0v) is 8.45. The van der Waals surface area contributed by atoms with Crippen LogP contribution in [0.5, 0.6) is 0 Å². The highest BCUT2D eigenvalue weighted by molar-refractivity contribution is 7.86. The molecule has 1 aromatic rings. The van der Waals surface area contributed by atoms with Gasteiger partial charge in [0.2, 0.25) is 5.91 Å². The molecule has 2 unspecified atom stereocenters. The van der Waals surface area contributed by atoms with E-state index in [1.807, 2.05) is 0 Å². The first-order chi connectivity index (χ1) is 6.54. The predicted octanol–water partition coefficient (Wildman–Crippen LogP) is -0.355. The number of hydrogen-bond donors (Lipinski definition) is 2. The third kappa shape index (κ3) is 2.08. The third-order valence-electron chi connectivity index (χ3n) is 1.75. The molecular formula is C8H11N3O2S. The zero-order valence-electron chi connectivity index (χ0n) is 7.64. The van der Waals surface area contributed by atoms with Gasteiger partial charge in [0, 0.05) is 6.20 Å². The maximum atomic E-state index is 11.7. The Kier molecular flexibility index (Phi) is 3.19. The molecule has 4 N–H and O–H groups in total. The van der Waals surface area contributed by atoms with Gasteiger partial charge in [0.25, 0.3) is 0 Å². The van der Waals surface area contributed by atoms with Crippen molar-refractivity contribution in [2.45, 2.75) is 17.1 Å². The maximum absolute atomic E-state index is 11.7. The largest absolute Gasteiger partial charge is 0.396 e. The molecule has 1 heterocycles. The molecule has 0 spiro atoms. The lowest BCUT2D eigenvalue weighted by Crippen LogP contribution is -2.29. The van der Waals surface area contributed by atoms with Gasteiger partial charge < -0.3 is 11.5 Å². The van der Waals surface area contributed by atoms with Gasteiger partial charge in [-0.3, -0.25) is 14.0 Å². The van der Waals surface area contributed by atoms with E-state index in [4.69, 9.17) is 11.5 Å². The van der Waals surface area contributed by atoms with Crippen LogP contribution in [0.2, 0.25) is 0 Å². The highest BCUT2D eigenvalue weighted by Gasteiger charge is 2.20. The molecule has 5 nitrogen and oxygen atoms in total. The van der Waals surface area contributed by atoms with Crippen molar-refractivity contribution in [2.24, 2.45) is 5.73 Å². The summed E-state index contributed by atoms with van der Waals surface area (Å²) in [5, 5.41) is -0.750. The number of anilines is 1. The van der Waals surface area contributed by atoms with Crippen LogP contribution in [0, 0.1) is 0 Å². The molecule has 14 heavy (non-hydrogen) atoms. The molecule has 0 radical (unpaired) electrons. The van der Waals surface area contributed by atoms with Crippen molar-refractivity contribution in [1.29, 1.82) is 0 Å². The number of aromatic nitrogens is 1. The molecule has 76 valence electrons. The highest BCUT2D eigenvalue weighted by Crippen LogP contribution is 2.16. The Labute approximate surface area is 84.0 Å². The van der Waals surface area contributed by atoms with Crippen LogP contribution in [0.15, 0.2) is 23.4 Å². The molecule has 1 amide bonds. The lowest BCUT2D eigenvalue weighted by molar-refractivity contribution is -0.117. The molecule has 1 aromatic heterocycles. The summed E-state index contributed by atoms with van der Waals surface area (Å²) < 4.78 is 11.7. The Balaban J connectivity index is 3.01. The number of nitrogens with zero attached hydrogens (tertiary/aromatic N) is 1. The van der Waals surface area contributed by atoms with Crippen molar-refractivity contribution in [3.63, 3.8) is 0 Å². The number of hydrogen-bond acceptors (Lipinski definition) is 4. The molecule has 0 saturated heterocycles. The molecule has 1 rings (SSSR count). The highest BCUT2D eigenvalue weighted by atomic mass is 32.2. The van der Waals surface area contributed by atoms with Gasteiger partial charge in [0.05, 0.1) is 27.6 Å². The van der Waals surface area contributed by atoms with Crippen LogP contribution >= 0.6 is 0 Å². The fourth-order valence-corrected chi connectivity index (χ4v) is 1.94. The van der Waals surface area contributed by atoms with Crippen molar-refractivity contribution >= 4 is 22.4 Å². The normalized spacial score (nSPS) is 14.6. The van der Waals surface area contributed by atoms with E-state index in [0.717, 1.165) is 0 Å². The van der Waals surface area contributed by atoms with Gasteiger partial charge in [-0.1, -0.05) is 0 Å². The van der Waals surface area contributed by atoms with E-state index in [2.05, 4.69) is 4.98 Å². The van der Waals surface area contributed by atoms with E-state index >= 15 is 0 Å². The van der Waals surface area contributed by atoms with Crippen molar-refractivity contribution in [2.75, 3.05) is 5.73 Å². The Hall–Kier alpha value is -1.43. The standard InChI is InChI=1S/C8H11N3O2S/c1-5(8(10)12)14(13)7-2-3-11-4-6(7)9/h2-5H,9H2,1H3,(H2,10,12). The second-order valence-corrected chi connectivity index (χ2v) is 4.50. The summed E-state index contributed by atoms with van der Waals surface area (Å²) in [7, 11) is -1.51. The molecule has 0 aromatic carbocycles. The summed E-state index contributed by atoms with van der Waals surface area (Å²) in [4.78, 5) is 14.9. The van der Waals surface area contributed by atoms with Crippen LogP contribution in [0.3, 0.4) is 0 Å². The first-order valence-electron chi connectivity index (χ1n) is 3.93. The number of amides is 1. The summed E-state index contributed by atoms with van der Waals surface area (Å²) in [5.41, 5.74) is 10.9. The van der Waals surface area contributed by atoms with Crippen molar-refractivity contribution in [3.05, 3.63) is 18.5 Å². The van der Waals surface area contributed by atoms with Crippen LogP contribution in [0.1, 0.15) is 6.92 Å². The van der Waals surface area contributed by atoms with Gasteiger partial charge in [0.15, 0.2) is 0 Å². The number of rotatable bonds is 3. The van der Waals surface area contributed by atoms with E-state index in [-0.39, 0.29) is 0 Å². The van der Waals surface area contributed by atoms with Crippen LogP contribution in [-0.4, -0.2) is 20.3 Å². The molecule has 6 heteroatoms. The Morgan fingerprint density at radius 3 is 2.79 bits per heavy atom. The van der Waals surface area contributed by atoms with Crippen molar-refractivity contribution in [3.8, 4) is 0 Å². The lowest BCUT2D eigenvalue weighted by Gasteiger charge is -2.08. The minimum Gasteiger partial charge on any atom is -0.396 e. The van der Waals surface area contributed by atoms with Crippen LogP contribution in [-0.2, 0) is 15.6 Å². The van der Waals surface area contributed by atoms with Crippen molar-refractivity contribution in [1.82, 2.24) is 4.98 Å². The smallest absolute Gasteiger partial charge is 0.233 e. The second-order valence-electron chi connectivity index (χ2n) is 2.76. The molecule has 0 aliphatic carbocycles. The third-order valence-corrected chi connectivity index (χ3v) is 3.43. The van der Waals surface area contributed by atoms with Crippen LogP contribution in [0.4, 0.5) is 5.69 Å². The van der Waals surface area contributed by atoms with Gasteiger partial charge in [-0.25, -0.2) is 0 Å². The molecule has 0 bridgehead atoms.